The van der Waals surface area contributed by atoms with Gasteiger partial charge in [0.2, 0.25) is 6.41 Å². The van der Waals surface area contributed by atoms with E-state index in [9.17, 15) is 4.79 Å². The summed E-state index contributed by atoms with van der Waals surface area (Å²) < 4.78 is 0. The molecule has 16 heavy (non-hydrogen) atoms. The minimum absolute atomic E-state index is 0.714. The highest BCUT2D eigenvalue weighted by Crippen LogP contribution is 2.24. The number of rotatable bonds is 6. The van der Waals surface area contributed by atoms with Gasteiger partial charge in [0.15, 0.2) is 0 Å². The second kappa shape index (κ2) is 6.16. The Balaban J connectivity index is 3.04. The van der Waals surface area contributed by atoms with Crippen LogP contribution in [0.25, 0.3) is 0 Å². The van der Waals surface area contributed by atoms with E-state index >= 15 is 0 Å². The molecular formula is C13H20N2O. The third-order valence-corrected chi connectivity index (χ3v) is 2.79. The van der Waals surface area contributed by atoms with Crippen LogP contribution in [0.5, 0.6) is 0 Å². The lowest BCUT2D eigenvalue weighted by Gasteiger charge is -2.24. The summed E-state index contributed by atoms with van der Waals surface area (Å²) in [5.41, 5.74) is 3.40. The van der Waals surface area contributed by atoms with E-state index in [1.165, 1.54) is 11.3 Å². The molecule has 0 heterocycles. The van der Waals surface area contributed by atoms with E-state index in [1.807, 2.05) is 12.1 Å². The predicted octanol–water partition coefficient (Wildman–Crippen LogP) is 2.66. The van der Waals surface area contributed by atoms with Crippen molar-refractivity contribution in [1.29, 1.82) is 0 Å². The summed E-state index contributed by atoms with van der Waals surface area (Å²) in [6.45, 7) is 8.45. The normalized spacial score (nSPS) is 9.94. The monoisotopic (exact) mass is 220 g/mol. The van der Waals surface area contributed by atoms with Crippen molar-refractivity contribution >= 4 is 17.8 Å². The lowest BCUT2D eigenvalue weighted by atomic mass is 10.1. The SMILES string of the molecule is CCc1cc(NC=O)ccc1N(CC)CC. The van der Waals surface area contributed by atoms with Gasteiger partial charge in [0.25, 0.3) is 0 Å². The number of hydrogen-bond donors (Lipinski definition) is 1. The zero-order valence-electron chi connectivity index (χ0n) is 10.3. The molecule has 1 N–H and O–H groups in total. The molecule has 0 aromatic heterocycles. The number of carbonyl (C=O) groups is 1. The van der Waals surface area contributed by atoms with Gasteiger partial charge < -0.3 is 10.2 Å². The number of aryl methyl sites for hydroxylation is 1. The van der Waals surface area contributed by atoms with Crippen LogP contribution in [0.15, 0.2) is 18.2 Å². The number of amides is 1. The molecule has 3 heteroatoms. The molecule has 0 fully saturated rings. The Morgan fingerprint density at radius 1 is 1.25 bits per heavy atom. The van der Waals surface area contributed by atoms with Crippen LogP contribution < -0.4 is 10.2 Å². The molecule has 1 rings (SSSR count). The number of nitrogens with zero attached hydrogens (tertiary/aromatic N) is 1. The van der Waals surface area contributed by atoms with Crippen LogP contribution in [0.1, 0.15) is 26.3 Å². The van der Waals surface area contributed by atoms with Crippen molar-refractivity contribution in [1.82, 2.24) is 0 Å². The van der Waals surface area contributed by atoms with Crippen molar-refractivity contribution in [2.24, 2.45) is 0 Å². The minimum Gasteiger partial charge on any atom is -0.372 e. The molecule has 0 saturated carbocycles. The fourth-order valence-electron chi connectivity index (χ4n) is 1.90. The summed E-state index contributed by atoms with van der Waals surface area (Å²) in [5, 5.41) is 2.69. The maximum absolute atomic E-state index is 10.4. The van der Waals surface area contributed by atoms with Gasteiger partial charge in [-0.1, -0.05) is 6.92 Å². The molecular weight excluding hydrogens is 200 g/mol. The van der Waals surface area contributed by atoms with E-state index in [0.29, 0.717) is 6.41 Å². The Morgan fingerprint density at radius 2 is 1.94 bits per heavy atom. The van der Waals surface area contributed by atoms with Gasteiger partial charge in [-0.25, -0.2) is 0 Å². The van der Waals surface area contributed by atoms with Gasteiger partial charge in [0, 0.05) is 24.5 Å². The first-order chi connectivity index (χ1) is 7.76. The van der Waals surface area contributed by atoms with Crippen molar-refractivity contribution < 1.29 is 4.79 Å². The zero-order chi connectivity index (χ0) is 12.0. The first kappa shape index (κ1) is 12.6. The van der Waals surface area contributed by atoms with Gasteiger partial charge in [-0.3, -0.25) is 4.79 Å². The highest BCUT2D eigenvalue weighted by atomic mass is 16.1. The quantitative estimate of drug-likeness (QED) is 0.747. The third kappa shape index (κ3) is 2.75. The molecule has 0 bridgehead atoms. The highest BCUT2D eigenvalue weighted by molar-refractivity contribution is 5.73. The van der Waals surface area contributed by atoms with Crippen molar-refractivity contribution in [3.63, 3.8) is 0 Å². The molecule has 1 aromatic rings. The summed E-state index contributed by atoms with van der Waals surface area (Å²) >= 11 is 0. The van der Waals surface area contributed by atoms with E-state index in [-0.39, 0.29) is 0 Å². The molecule has 0 unspecified atom stereocenters. The number of nitrogens with one attached hydrogen (secondary N) is 1. The Labute approximate surface area is 97.5 Å². The van der Waals surface area contributed by atoms with Crippen molar-refractivity contribution in [2.45, 2.75) is 27.2 Å². The Bertz CT molecular complexity index is 346. The van der Waals surface area contributed by atoms with Gasteiger partial charge in [0.05, 0.1) is 0 Å². The third-order valence-electron chi connectivity index (χ3n) is 2.79. The van der Waals surface area contributed by atoms with Gasteiger partial charge in [0.1, 0.15) is 0 Å². The van der Waals surface area contributed by atoms with Crippen LogP contribution in [0.4, 0.5) is 11.4 Å². The maximum Gasteiger partial charge on any atom is 0.211 e. The minimum atomic E-state index is 0.714. The van der Waals surface area contributed by atoms with Crippen LogP contribution in [0, 0.1) is 0 Å². The number of carbonyl (C=O) groups excluding carboxylic acids is 1. The predicted molar refractivity (Wildman–Crippen MR) is 69.1 cm³/mol. The first-order valence-electron chi connectivity index (χ1n) is 5.84. The fourth-order valence-corrected chi connectivity index (χ4v) is 1.90. The van der Waals surface area contributed by atoms with Gasteiger partial charge >= 0.3 is 0 Å². The van der Waals surface area contributed by atoms with Crippen LogP contribution in [0.2, 0.25) is 0 Å². The van der Waals surface area contributed by atoms with Crippen molar-refractivity contribution in [3.8, 4) is 0 Å². The van der Waals surface area contributed by atoms with E-state index in [0.717, 1.165) is 25.2 Å². The topological polar surface area (TPSA) is 32.3 Å². The molecule has 0 spiro atoms. The van der Waals surface area contributed by atoms with Gasteiger partial charge in [-0.2, -0.15) is 0 Å². The molecule has 3 nitrogen and oxygen atoms in total. The number of benzene rings is 1. The van der Waals surface area contributed by atoms with Crippen LogP contribution >= 0.6 is 0 Å². The Kier molecular flexibility index (Phi) is 4.83. The number of hydrogen-bond acceptors (Lipinski definition) is 2. The lowest BCUT2D eigenvalue weighted by Crippen LogP contribution is -2.23. The van der Waals surface area contributed by atoms with Gasteiger partial charge in [-0.15, -0.1) is 0 Å². The molecule has 0 atom stereocenters. The van der Waals surface area contributed by atoms with Gasteiger partial charge in [-0.05, 0) is 44.0 Å². The van der Waals surface area contributed by atoms with Crippen LogP contribution in [0.3, 0.4) is 0 Å². The molecule has 1 amide bonds. The highest BCUT2D eigenvalue weighted by Gasteiger charge is 2.07. The van der Waals surface area contributed by atoms with Crippen LogP contribution in [-0.4, -0.2) is 19.5 Å². The molecule has 0 radical (unpaired) electrons. The van der Waals surface area contributed by atoms with Crippen molar-refractivity contribution in [2.75, 3.05) is 23.3 Å². The molecule has 0 aliphatic rings. The smallest absolute Gasteiger partial charge is 0.211 e. The number of anilines is 2. The zero-order valence-corrected chi connectivity index (χ0v) is 10.3. The maximum atomic E-state index is 10.4. The van der Waals surface area contributed by atoms with E-state index in [1.54, 1.807) is 0 Å². The van der Waals surface area contributed by atoms with E-state index in [2.05, 4.69) is 37.1 Å². The summed E-state index contributed by atoms with van der Waals surface area (Å²) in [6, 6.07) is 6.07. The summed E-state index contributed by atoms with van der Waals surface area (Å²) in [4.78, 5) is 12.7. The molecule has 1 aromatic carbocycles. The summed E-state index contributed by atoms with van der Waals surface area (Å²) in [5.74, 6) is 0. The fraction of sp³-hybridized carbons (Fsp3) is 0.462. The van der Waals surface area contributed by atoms with Crippen molar-refractivity contribution in [3.05, 3.63) is 23.8 Å². The average Bonchev–Trinajstić information content (AvgIpc) is 2.32. The van der Waals surface area contributed by atoms with Crippen LogP contribution in [-0.2, 0) is 11.2 Å². The summed E-state index contributed by atoms with van der Waals surface area (Å²) in [6.07, 6.45) is 1.69. The molecule has 0 saturated heterocycles. The molecule has 0 aliphatic carbocycles. The second-order valence-electron chi connectivity index (χ2n) is 3.63. The molecule has 0 aliphatic heterocycles. The second-order valence-corrected chi connectivity index (χ2v) is 3.63. The average molecular weight is 220 g/mol. The Morgan fingerprint density at radius 3 is 2.44 bits per heavy atom. The lowest BCUT2D eigenvalue weighted by molar-refractivity contribution is -0.105. The first-order valence-corrected chi connectivity index (χ1v) is 5.84. The van der Waals surface area contributed by atoms with E-state index < -0.39 is 0 Å². The molecule has 88 valence electrons. The standard InChI is InChI=1S/C13H20N2O/c1-4-11-9-12(14-10-16)7-8-13(11)15(5-2)6-3/h7-10H,4-6H2,1-3H3,(H,14,16). The Hall–Kier alpha value is -1.51. The van der Waals surface area contributed by atoms with E-state index in [4.69, 9.17) is 0 Å². The summed E-state index contributed by atoms with van der Waals surface area (Å²) in [7, 11) is 0. The largest absolute Gasteiger partial charge is 0.372 e.